The maximum Gasteiger partial charge on any atom is 0.251 e. The Morgan fingerprint density at radius 3 is 2.44 bits per heavy atom. The first kappa shape index (κ1) is 35.3. The van der Waals surface area contributed by atoms with E-state index in [-0.39, 0.29) is 34.8 Å². The average molecular weight is 703 g/mol. The number of rotatable bonds is 6. The van der Waals surface area contributed by atoms with Gasteiger partial charge in [0.15, 0.2) is 0 Å². The number of hydrogen-bond donors (Lipinski definition) is 3. The number of amides is 2. The number of pyridine rings is 1. The lowest BCUT2D eigenvalue weighted by Crippen LogP contribution is -2.63. The van der Waals surface area contributed by atoms with E-state index in [0.29, 0.717) is 68.3 Å². The summed E-state index contributed by atoms with van der Waals surface area (Å²) >= 11 is 0. The third kappa shape index (κ3) is 5.94. The summed E-state index contributed by atoms with van der Waals surface area (Å²) in [5.41, 5.74) is 0.378. The fourth-order valence-corrected chi connectivity index (χ4v) is 11.9. The Bertz CT molecular complexity index is 1850. The number of hydrogen-bond acceptors (Lipinski definition) is 6. The maximum atomic E-state index is 14.2. The lowest BCUT2D eigenvalue weighted by molar-refractivity contribution is -0.163. The van der Waals surface area contributed by atoms with Crippen molar-refractivity contribution < 1.29 is 19.8 Å². The first-order valence-electron chi connectivity index (χ1n) is 19.6. The molecule has 0 bridgehead atoms. The highest BCUT2D eigenvalue weighted by Gasteiger charge is 2.65. The highest BCUT2D eigenvalue weighted by atomic mass is 16.3. The van der Waals surface area contributed by atoms with Crippen LogP contribution in [0.1, 0.15) is 81.1 Å². The van der Waals surface area contributed by atoms with Gasteiger partial charge in [0.2, 0.25) is 5.91 Å². The molecule has 0 spiro atoms. The summed E-state index contributed by atoms with van der Waals surface area (Å²) < 4.78 is 0. The molecule has 3 aromatic rings. The van der Waals surface area contributed by atoms with E-state index in [1.165, 1.54) is 6.42 Å². The van der Waals surface area contributed by atoms with Crippen LogP contribution in [0.5, 0.6) is 0 Å². The van der Waals surface area contributed by atoms with Gasteiger partial charge in [-0.2, -0.15) is 0 Å². The van der Waals surface area contributed by atoms with E-state index < -0.39 is 11.6 Å². The second-order valence-corrected chi connectivity index (χ2v) is 17.2. The molecule has 8 heteroatoms. The molecule has 8 rings (SSSR count). The van der Waals surface area contributed by atoms with Gasteiger partial charge < -0.3 is 20.4 Å². The molecule has 3 N–H and O–H groups in total. The number of nitrogens with one attached hydrogen (secondary N) is 1. The zero-order valence-corrected chi connectivity index (χ0v) is 30.7. The highest BCUT2D eigenvalue weighted by molar-refractivity contribution is 6.00. The molecule has 4 saturated carbocycles. The maximum absolute atomic E-state index is 14.2. The lowest BCUT2D eigenvalue weighted by atomic mass is 9.44. The van der Waals surface area contributed by atoms with Crippen LogP contribution >= 0.6 is 0 Å². The molecule has 4 aliphatic carbocycles. The van der Waals surface area contributed by atoms with Crippen LogP contribution < -0.4 is 5.32 Å². The zero-order chi connectivity index (χ0) is 36.3. The minimum atomic E-state index is -1.00. The van der Waals surface area contributed by atoms with E-state index in [4.69, 9.17) is 6.42 Å². The van der Waals surface area contributed by atoms with Crippen molar-refractivity contribution in [3.8, 4) is 12.3 Å². The summed E-state index contributed by atoms with van der Waals surface area (Å²) in [5, 5.41) is 28.2. The summed E-state index contributed by atoms with van der Waals surface area (Å²) in [4.78, 5) is 36.3. The van der Waals surface area contributed by atoms with Crippen LogP contribution in [-0.4, -0.2) is 86.8 Å². The normalized spacial score (nSPS) is 36.6. The van der Waals surface area contributed by atoms with Crippen molar-refractivity contribution in [2.45, 2.75) is 95.4 Å². The first-order chi connectivity index (χ1) is 25.0. The van der Waals surface area contributed by atoms with E-state index >= 15 is 0 Å². The third-order valence-corrected chi connectivity index (χ3v) is 15.0. The fourth-order valence-electron chi connectivity index (χ4n) is 11.9. The molecule has 274 valence electrons. The van der Waals surface area contributed by atoms with Gasteiger partial charge >= 0.3 is 0 Å². The molecule has 10 atom stereocenters. The number of carbonyl (C=O) groups excluding carboxylic acids is 2. The average Bonchev–Trinajstić information content (AvgIpc) is 3.44. The number of piperazine rings is 1. The van der Waals surface area contributed by atoms with Crippen LogP contribution in [0.15, 0.2) is 67.0 Å². The summed E-state index contributed by atoms with van der Waals surface area (Å²) in [7, 11) is 0. The molecule has 1 aromatic heterocycles. The van der Waals surface area contributed by atoms with Crippen LogP contribution in [0.25, 0.3) is 10.8 Å². The van der Waals surface area contributed by atoms with E-state index in [2.05, 4.69) is 35.0 Å². The van der Waals surface area contributed by atoms with Gasteiger partial charge in [-0.05, 0) is 121 Å². The van der Waals surface area contributed by atoms with Crippen molar-refractivity contribution >= 4 is 22.6 Å². The Morgan fingerprint density at radius 1 is 0.962 bits per heavy atom. The topological polar surface area (TPSA) is 106 Å². The quantitative estimate of drug-likeness (QED) is 0.295. The van der Waals surface area contributed by atoms with E-state index in [0.717, 1.165) is 54.9 Å². The largest absolute Gasteiger partial charge is 0.391 e. The van der Waals surface area contributed by atoms with Gasteiger partial charge in [0.05, 0.1) is 6.10 Å². The summed E-state index contributed by atoms with van der Waals surface area (Å²) in [6, 6.07) is 16.7. The number of carbonyl (C=O) groups is 2. The lowest BCUT2D eigenvalue weighted by Gasteiger charge is -2.63. The van der Waals surface area contributed by atoms with Crippen LogP contribution in [0.3, 0.4) is 0 Å². The summed E-state index contributed by atoms with van der Waals surface area (Å²) in [5.74, 6) is 4.56. The Balaban J connectivity index is 0.949. The minimum absolute atomic E-state index is 0.0528. The second-order valence-electron chi connectivity index (χ2n) is 17.2. The molecule has 0 radical (unpaired) electrons. The third-order valence-electron chi connectivity index (χ3n) is 15.0. The van der Waals surface area contributed by atoms with Crippen molar-refractivity contribution in [2.24, 2.45) is 34.5 Å². The van der Waals surface area contributed by atoms with Crippen molar-refractivity contribution in [3.05, 3.63) is 78.1 Å². The van der Waals surface area contributed by atoms with Gasteiger partial charge in [-0.25, -0.2) is 0 Å². The Kier molecular flexibility index (Phi) is 9.21. The Labute approximate surface area is 308 Å². The Morgan fingerprint density at radius 2 is 1.69 bits per heavy atom. The van der Waals surface area contributed by atoms with Gasteiger partial charge in [0, 0.05) is 62.0 Å². The highest BCUT2D eigenvalue weighted by Crippen LogP contribution is 2.68. The monoisotopic (exact) mass is 702 g/mol. The van der Waals surface area contributed by atoms with E-state index in [1.807, 2.05) is 59.5 Å². The molecule has 2 aromatic carbocycles. The molecule has 2 heterocycles. The fraction of sp³-hybridized carbons (Fsp3) is 0.568. The summed E-state index contributed by atoms with van der Waals surface area (Å²) in [6.07, 6.45) is 17.2. The van der Waals surface area contributed by atoms with Crippen molar-refractivity contribution in [1.82, 2.24) is 20.1 Å². The molecule has 1 aliphatic heterocycles. The molecule has 8 nitrogen and oxygen atoms in total. The van der Waals surface area contributed by atoms with Crippen molar-refractivity contribution in [3.63, 3.8) is 0 Å². The molecular weight excluding hydrogens is 649 g/mol. The predicted octanol–water partition coefficient (Wildman–Crippen LogP) is 5.47. The number of aliphatic hydroxyl groups is 2. The Hall–Kier alpha value is -3.77. The standard InChI is InChI=1S/C44H54N4O4/c1-4-44(52)18-14-36-34-12-11-33-27-39(49)38(28-42(33,2)35(34)13-17-43(36,44)3)47-21-23-48(24-22-47)41(51)37(25-29-15-19-45-20-16-29)46-40(50)32-10-9-30-7-5-6-8-31(30)26-32/h1,5-10,15-16,19-20,26,33-39,49,52H,11-14,17-18,21-25,27-28H2,2-3H3,(H,46,50)/t33?,34-,35+,36+,37+,38+,39+,42+,43+,44+/m1/s1. The molecule has 2 amide bonds. The predicted molar refractivity (Wildman–Crippen MR) is 202 cm³/mol. The molecule has 5 aliphatic rings. The molecule has 52 heavy (non-hydrogen) atoms. The van der Waals surface area contributed by atoms with E-state index in [9.17, 15) is 19.8 Å². The summed E-state index contributed by atoms with van der Waals surface area (Å²) in [6.45, 7) is 7.24. The SMILES string of the molecule is C#C[C@]1(O)CC[C@H]2[C@@H]3CCC4C[C@H](O)[C@@H](N5CCN(C(=O)[C@H](Cc6ccncc6)NC(=O)c6ccc7ccccc7c6)CC5)C[C@]4(C)[C@H]3CC[C@@]21C. The van der Waals surface area contributed by atoms with Crippen LogP contribution in [-0.2, 0) is 11.2 Å². The van der Waals surface area contributed by atoms with Gasteiger partial charge in [0.1, 0.15) is 11.6 Å². The smallest absolute Gasteiger partial charge is 0.251 e. The molecular formula is C44H54N4O4. The zero-order valence-electron chi connectivity index (χ0n) is 30.7. The number of terminal acetylenes is 1. The second kappa shape index (κ2) is 13.6. The van der Waals surface area contributed by atoms with Gasteiger partial charge in [-0.3, -0.25) is 19.5 Å². The first-order valence-corrected chi connectivity index (χ1v) is 19.6. The molecule has 1 unspecified atom stereocenters. The number of fused-ring (bicyclic) bond motifs is 6. The van der Waals surface area contributed by atoms with Gasteiger partial charge in [-0.15, -0.1) is 6.42 Å². The minimum Gasteiger partial charge on any atom is -0.391 e. The van der Waals surface area contributed by atoms with Gasteiger partial charge in [-0.1, -0.05) is 50.1 Å². The molecule has 5 fully saturated rings. The van der Waals surface area contributed by atoms with Gasteiger partial charge in [0.25, 0.3) is 5.91 Å². The number of nitrogens with zero attached hydrogens (tertiary/aromatic N) is 3. The van der Waals surface area contributed by atoms with Crippen LogP contribution in [0.2, 0.25) is 0 Å². The number of aliphatic hydroxyl groups excluding tert-OH is 1. The van der Waals surface area contributed by atoms with Crippen molar-refractivity contribution in [1.29, 1.82) is 0 Å². The van der Waals surface area contributed by atoms with Crippen LogP contribution in [0.4, 0.5) is 0 Å². The van der Waals surface area contributed by atoms with E-state index in [1.54, 1.807) is 12.4 Å². The number of benzene rings is 2. The number of aromatic nitrogens is 1. The van der Waals surface area contributed by atoms with Crippen molar-refractivity contribution in [2.75, 3.05) is 26.2 Å². The van der Waals surface area contributed by atoms with Crippen LogP contribution in [0, 0.1) is 46.8 Å². The molecule has 1 saturated heterocycles.